The van der Waals surface area contributed by atoms with Crippen LogP contribution >= 0.6 is 39.3 Å². The number of hydrogen-bond donors (Lipinski definition) is 0. The number of fused-ring (bicyclic) bond motifs is 1. The number of halogens is 2. The normalized spacial score (nSPS) is 12.6. The van der Waals surface area contributed by atoms with E-state index in [9.17, 15) is 4.79 Å². The minimum Gasteiger partial charge on any atom is -0.448 e. The first-order chi connectivity index (χ1) is 14.9. The highest BCUT2D eigenvalue weighted by molar-refractivity contribution is 9.10. The molecule has 0 aliphatic heterocycles. The molecule has 4 rings (SSSR count). The van der Waals surface area contributed by atoms with E-state index in [1.54, 1.807) is 12.3 Å². The summed E-state index contributed by atoms with van der Waals surface area (Å²) in [5, 5.41) is 6.36. The lowest BCUT2D eigenvalue weighted by Crippen LogP contribution is -2.23. The van der Waals surface area contributed by atoms with Crippen molar-refractivity contribution in [1.29, 1.82) is 0 Å². The molecule has 0 spiro atoms. The molecule has 0 saturated carbocycles. The van der Waals surface area contributed by atoms with Gasteiger partial charge >= 0.3 is 0 Å². The molecule has 2 heterocycles. The van der Waals surface area contributed by atoms with Gasteiger partial charge in [0.05, 0.1) is 17.1 Å². The molecule has 2 aromatic carbocycles. The smallest absolute Gasteiger partial charge is 0.282 e. The van der Waals surface area contributed by atoms with Crippen LogP contribution in [0, 0.1) is 0 Å². The summed E-state index contributed by atoms with van der Waals surface area (Å²) < 4.78 is 8.04. The van der Waals surface area contributed by atoms with Crippen LogP contribution in [-0.2, 0) is 0 Å². The highest BCUT2D eigenvalue weighted by Gasteiger charge is 2.15. The molecule has 4 aromatic rings. The Morgan fingerprint density at radius 2 is 2.00 bits per heavy atom. The summed E-state index contributed by atoms with van der Waals surface area (Å²) in [6.45, 7) is 4.09. The number of rotatable bonds is 6. The standard InChI is InChI=1S/C23H19BrClN3O2S/c1-3-14(2)22-27-20-10-4-15(24)12-19(20)23(29)28(22)26-13-17-7-11-21(30-17)31-18-8-5-16(25)6-9-18/h4-14H,3H2,1-2H3/t14-/m1/s1. The van der Waals surface area contributed by atoms with E-state index in [2.05, 4.69) is 28.0 Å². The Labute approximate surface area is 197 Å². The van der Waals surface area contributed by atoms with Crippen molar-refractivity contribution >= 4 is 56.4 Å². The maximum atomic E-state index is 13.2. The fourth-order valence-corrected chi connectivity index (χ4v) is 4.24. The van der Waals surface area contributed by atoms with Crippen molar-refractivity contribution in [2.45, 2.75) is 36.2 Å². The summed E-state index contributed by atoms with van der Waals surface area (Å²) in [6, 6.07) is 16.7. The number of nitrogens with zero attached hydrogens (tertiary/aromatic N) is 3. The van der Waals surface area contributed by atoms with Gasteiger partial charge in [-0.05, 0) is 61.0 Å². The van der Waals surface area contributed by atoms with E-state index < -0.39 is 0 Å². The second-order valence-electron chi connectivity index (χ2n) is 7.02. The van der Waals surface area contributed by atoms with Crippen LogP contribution in [0.2, 0.25) is 5.02 Å². The highest BCUT2D eigenvalue weighted by Crippen LogP contribution is 2.29. The molecule has 0 unspecified atom stereocenters. The van der Waals surface area contributed by atoms with Crippen molar-refractivity contribution in [3.63, 3.8) is 0 Å². The van der Waals surface area contributed by atoms with E-state index in [0.717, 1.165) is 20.9 Å². The summed E-state index contributed by atoms with van der Waals surface area (Å²) in [5.74, 6) is 1.25. The molecule has 0 aliphatic rings. The van der Waals surface area contributed by atoms with Gasteiger partial charge in [0.15, 0.2) is 5.09 Å². The van der Waals surface area contributed by atoms with Gasteiger partial charge in [0.2, 0.25) is 0 Å². The fraction of sp³-hybridized carbons (Fsp3) is 0.174. The molecular formula is C23H19BrClN3O2S. The second-order valence-corrected chi connectivity index (χ2v) is 9.45. The van der Waals surface area contributed by atoms with E-state index in [0.29, 0.717) is 27.5 Å². The van der Waals surface area contributed by atoms with Gasteiger partial charge in [-0.15, -0.1) is 0 Å². The Balaban J connectivity index is 1.67. The lowest BCUT2D eigenvalue weighted by atomic mass is 10.1. The van der Waals surface area contributed by atoms with Gasteiger partial charge in [0.1, 0.15) is 11.6 Å². The SMILES string of the molecule is CC[C@@H](C)c1nc2ccc(Br)cc2c(=O)n1N=Cc1ccc(Sc2ccc(Cl)cc2)o1. The Morgan fingerprint density at radius 1 is 1.23 bits per heavy atom. The summed E-state index contributed by atoms with van der Waals surface area (Å²) in [5.41, 5.74) is 0.453. The van der Waals surface area contributed by atoms with Gasteiger partial charge in [-0.1, -0.05) is 53.1 Å². The predicted octanol–water partition coefficient (Wildman–Crippen LogP) is 6.95. The fourth-order valence-electron chi connectivity index (χ4n) is 2.97. The van der Waals surface area contributed by atoms with Gasteiger partial charge in [-0.2, -0.15) is 9.78 Å². The van der Waals surface area contributed by atoms with Crippen LogP contribution in [-0.4, -0.2) is 15.9 Å². The van der Waals surface area contributed by atoms with E-state index in [-0.39, 0.29) is 11.5 Å². The van der Waals surface area contributed by atoms with Crippen molar-refractivity contribution < 1.29 is 4.42 Å². The van der Waals surface area contributed by atoms with Crippen LogP contribution in [0.4, 0.5) is 0 Å². The van der Waals surface area contributed by atoms with Crippen molar-refractivity contribution in [2.75, 3.05) is 0 Å². The molecule has 2 aromatic heterocycles. The van der Waals surface area contributed by atoms with Gasteiger partial charge in [-0.3, -0.25) is 4.79 Å². The molecule has 0 aliphatic carbocycles. The zero-order chi connectivity index (χ0) is 22.0. The third kappa shape index (κ3) is 4.95. The lowest BCUT2D eigenvalue weighted by Gasteiger charge is -2.13. The van der Waals surface area contributed by atoms with Crippen LogP contribution in [0.15, 0.2) is 83.4 Å². The Kier molecular flexibility index (Phi) is 6.65. The average molecular weight is 517 g/mol. The first-order valence-corrected chi connectivity index (χ1v) is 11.7. The van der Waals surface area contributed by atoms with Crippen molar-refractivity contribution in [2.24, 2.45) is 5.10 Å². The van der Waals surface area contributed by atoms with E-state index in [4.69, 9.17) is 21.0 Å². The van der Waals surface area contributed by atoms with Crippen LogP contribution in [0.5, 0.6) is 0 Å². The van der Waals surface area contributed by atoms with Crippen LogP contribution < -0.4 is 5.56 Å². The zero-order valence-corrected chi connectivity index (χ0v) is 20.0. The first kappa shape index (κ1) is 21.9. The third-order valence-corrected chi connectivity index (χ3v) is 6.49. The molecule has 158 valence electrons. The van der Waals surface area contributed by atoms with E-state index >= 15 is 0 Å². The highest BCUT2D eigenvalue weighted by atomic mass is 79.9. The molecule has 0 bridgehead atoms. The van der Waals surface area contributed by atoms with Crippen LogP contribution in [0.3, 0.4) is 0 Å². The number of hydrogen-bond acceptors (Lipinski definition) is 5. The van der Waals surface area contributed by atoms with Gasteiger partial charge in [0.25, 0.3) is 5.56 Å². The molecule has 8 heteroatoms. The Hall–Kier alpha value is -2.35. The van der Waals surface area contributed by atoms with Gasteiger partial charge in [0, 0.05) is 20.3 Å². The predicted molar refractivity (Wildman–Crippen MR) is 130 cm³/mol. The quantitative estimate of drug-likeness (QED) is 0.260. The van der Waals surface area contributed by atoms with E-state index in [1.165, 1.54) is 16.4 Å². The topological polar surface area (TPSA) is 60.4 Å². The second kappa shape index (κ2) is 9.42. The lowest BCUT2D eigenvalue weighted by molar-refractivity contribution is 0.468. The monoisotopic (exact) mass is 515 g/mol. The van der Waals surface area contributed by atoms with Crippen molar-refractivity contribution in [3.05, 3.63) is 86.0 Å². The minimum absolute atomic E-state index is 0.0746. The zero-order valence-electron chi connectivity index (χ0n) is 16.9. The molecule has 31 heavy (non-hydrogen) atoms. The summed E-state index contributed by atoms with van der Waals surface area (Å²) in [7, 11) is 0. The summed E-state index contributed by atoms with van der Waals surface area (Å²) in [4.78, 5) is 18.9. The van der Waals surface area contributed by atoms with Crippen LogP contribution in [0.1, 0.15) is 37.8 Å². The minimum atomic E-state index is -0.208. The number of benzene rings is 2. The van der Waals surface area contributed by atoms with Gasteiger partial charge in [-0.25, -0.2) is 4.98 Å². The van der Waals surface area contributed by atoms with Crippen LogP contribution in [0.25, 0.3) is 10.9 Å². The van der Waals surface area contributed by atoms with Gasteiger partial charge < -0.3 is 4.42 Å². The van der Waals surface area contributed by atoms with Crippen molar-refractivity contribution in [3.8, 4) is 0 Å². The molecule has 1 atom stereocenters. The molecule has 0 radical (unpaired) electrons. The summed E-state index contributed by atoms with van der Waals surface area (Å²) >= 11 is 10.8. The first-order valence-electron chi connectivity index (χ1n) is 9.74. The Bertz CT molecular complexity index is 1310. The number of aromatic nitrogens is 2. The average Bonchev–Trinajstić information content (AvgIpc) is 3.21. The summed E-state index contributed by atoms with van der Waals surface area (Å²) in [6.07, 6.45) is 2.39. The molecule has 0 N–H and O–H groups in total. The molecule has 0 fully saturated rings. The Morgan fingerprint density at radius 3 is 2.74 bits per heavy atom. The molecule has 5 nitrogen and oxygen atoms in total. The molecule has 0 saturated heterocycles. The maximum absolute atomic E-state index is 13.2. The molecular weight excluding hydrogens is 498 g/mol. The van der Waals surface area contributed by atoms with Crippen molar-refractivity contribution in [1.82, 2.24) is 9.66 Å². The number of furan rings is 1. The largest absolute Gasteiger partial charge is 0.448 e. The maximum Gasteiger partial charge on any atom is 0.282 e. The third-order valence-electron chi connectivity index (χ3n) is 4.82. The van der Waals surface area contributed by atoms with E-state index in [1.807, 2.05) is 55.5 Å². The molecule has 0 amide bonds.